The maximum absolute atomic E-state index is 6.71. The second-order valence-electron chi connectivity index (χ2n) is 13.0. The van der Waals surface area contributed by atoms with Crippen LogP contribution in [0.4, 0.5) is 0 Å². The minimum absolute atomic E-state index is 0.619. The molecule has 0 amide bonds. The van der Waals surface area contributed by atoms with E-state index in [1.165, 1.54) is 36.3 Å². The van der Waals surface area contributed by atoms with E-state index in [0.29, 0.717) is 17.2 Å². The van der Waals surface area contributed by atoms with Crippen molar-refractivity contribution >= 4 is 103 Å². The van der Waals surface area contributed by atoms with Crippen molar-refractivity contribution in [1.29, 1.82) is 0 Å². The number of thiophene rings is 1. The molecular formula is C45H27N3O2S. The monoisotopic (exact) mass is 673 g/mol. The molecule has 0 aliphatic heterocycles. The summed E-state index contributed by atoms with van der Waals surface area (Å²) in [6.07, 6.45) is 6.02. The number of nitrogens with zero attached hydrogens (tertiary/aromatic N) is 3. The van der Waals surface area contributed by atoms with E-state index in [9.17, 15) is 0 Å². The summed E-state index contributed by atoms with van der Waals surface area (Å²) in [4.78, 5) is 10.7. The molecule has 0 radical (unpaired) electrons. The molecule has 0 N–H and O–H groups in total. The van der Waals surface area contributed by atoms with Gasteiger partial charge in [0.15, 0.2) is 17.2 Å². The molecule has 0 saturated carbocycles. The van der Waals surface area contributed by atoms with Crippen molar-refractivity contribution in [1.82, 2.24) is 14.5 Å². The van der Waals surface area contributed by atoms with Crippen molar-refractivity contribution in [2.75, 3.05) is 0 Å². The second-order valence-corrected chi connectivity index (χ2v) is 14.0. The van der Waals surface area contributed by atoms with Crippen LogP contribution in [0.25, 0.3) is 109 Å². The van der Waals surface area contributed by atoms with Crippen LogP contribution in [-0.4, -0.2) is 14.5 Å². The zero-order valence-electron chi connectivity index (χ0n) is 27.5. The van der Waals surface area contributed by atoms with E-state index in [1.807, 2.05) is 66.0 Å². The number of para-hydroxylation sites is 2. The Kier molecular flexibility index (Phi) is 5.84. The van der Waals surface area contributed by atoms with Crippen LogP contribution in [0.1, 0.15) is 11.3 Å². The minimum atomic E-state index is 0.619. The molecule has 11 rings (SSSR count). The lowest BCUT2D eigenvalue weighted by atomic mass is 9.98. The Morgan fingerprint density at radius 3 is 2.14 bits per heavy atom. The van der Waals surface area contributed by atoms with Gasteiger partial charge in [-0.2, -0.15) is 0 Å². The van der Waals surface area contributed by atoms with Gasteiger partial charge in [0.25, 0.3) is 0 Å². The largest absolute Gasteiger partial charge is 0.456 e. The Hall–Kier alpha value is -6.50. The lowest BCUT2D eigenvalue weighted by molar-refractivity contribution is 0.661. The van der Waals surface area contributed by atoms with Crippen molar-refractivity contribution in [2.24, 2.45) is 0 Å². The van der Waals surface area contributed by atoms with Gasteiger partial charge in [-0.25, -0.2) is 9.97 Å². The lowest BCUT2D eigenvalue weighted by Gasteiger charge is -2.12. The summed E-state index contributed by atoms with van der Waals surface area (Å²) in [5.41, 5.74) is 8.08. The Labute approximate surface area is 295 Å². The molecule has 0 bridgehead atoms. The Morgan fingerprint density at radius 1 is 0.667 bits per heavy atom. The lowest BCUT2D eigenvalue weighted by Crippen LogP contribution is -2.03. The molecule has 5 heterocycles. The van der Waals surface area contributed by atoms with Gasteiger partial charge in [-0.15, -0.1) is 11.3 Å². The summed E-state index contributed by atoms with van der Waals surface area (Å²) in [7, 11) is 0. The highest BCUT2D eigenvalue weighted by atomic mass is 32.1. The first-order chi connectivity index (χ1) is 25.2. The number of hydrogen-bond acceptors (Lipinski definition) is 5. The van der Waals surface area contributed by atoms with Gasteiger partial charge >= 0.3 is 0 Å². The maximum Gasteiger partial charge on any atom is 0.197 e. The molecule has 0 unspecified atom stereocenters. The normalized spacial score (nSPS) is 12.4. The Balaban J connectivity index is 1.33. The Bertz CT molecular complexity index is 3300. The fraction of sp³-hybridized carbons (Fsp3) is 0.0222. The first-order valence-electron chi connectivity index (χ1n) is 17.0. The van der Waals surface area contributed by atoms with Crippen molar-refractivity contribution in [3.05, 3.63) is 145 Å². The number of allylic oxidation sites excluding steroid dienone is 2. The highest BCUT2D eigenvalue weighted by Gasteiger charge is 2.27. The average molecular weight is 674 g/mol. The van der Waals surface area contributed by atoms with Gasteiger partial charge in [0.05, 0.1) is 10.2 Å². The predicted octanol–water partition coefficient (Wildman–Crippen LogP) is 12.9. The van der Waals surface area contributed by atoms with Gasteiger partial charge in [0, 0.05) is 53.8 Å². The topological polar surface area (TPSA) is 57.0 Å². The Morgan fingerprint density at radius 2 is 1.33 bits per heavy atom. The van der Waals surface area contributed by atoms with Crippen molar-refractivity contribution in [3.8, 4) is 17.2 Å². The van der Waals surface area contributed by atoms with Crippen LogP contribution in [0.15, 0.2) is 143 Å². The molecular weight excluding hydrogens is 647 g/mol. The third kappa shape index (κ3) is 3.91. The molecule has 11 aromatic rings. The molecule has 5 aromatic heterocycles. The van der Waals surface area contributed by atoms with E-state index in [2.05, 4.69) is 96.9 Å². The average Bonchev–Trinajstić information content (AvgIpc) is 3.92. The van der Waals surface area contributed by atoms with Gasteiger partial charge in [-0.3, -0.25) is 4.57 Å². The highest BCUT2D eigenvalue weighted by Crippen LogP contribution is 2.48. The van der Waals surface area contributed by atoms with Gasteiger partial charge in [0.1, 0.15) is 22.3 Å². The minimum Gasteiger partial charge on any atom is -0.456 e. The molecule has 51 heavy (non-hydrogen) atoms. The van der Waals surface area contributed by atoms with Crippen molar-refractivity contribution < 1.29 is 8.83 Å². The fourth-order valence-electron chi connectivity index (χ4n) is 7.95. The second kappa shape index (κ2) is 10.5. The number of benzene rings is 6. The zero-order chi connectivity index (χ0) is 33.8. The number of hydrogen-bond donors (Lipinski definition) is 0. The van der Waals surface area contributed by atoms with Gasteiger partial charge < -0.3 is 8.83 Å². The SMILES string of the molecule is C=C/C=C\c1c(C)n(-c2nc(-c3ccc4oc5ccccc5c4c3)nc3c2oc2ccccc23)c2c3sc4ccccc4c3c3ccccc3c12. The standard InChI is InChI=1S/C45H27N3O2S/c1-3-4-13-27-25(2)48(41-38(27)29-15-5-6-16-30(29)39-32-18-9-12-21-37(32)51-43(39)41)45-42-40(31-17-8-11-20-35(31)50-42)46-44(47-45)26-22-23-36-33(24-26)28-14-7-10-19-34(28)49-36/h3-24H,1H2,2H3/b13-4-. The molecule has 0 fully saturated rings. The summed E-state index contributed by atoms with van der Waals surface area (Å²) in [6.45, 7) is 6.18. The van der Waals surface area contributed by atoms with Gasteiger partial charge in [-0.05, 0) is 60.2 Å². The van der Waals surface area contributed by atoms with Crippen LogP contribution >= 0.6 is 11.3 Å². The molecule has 0 saturated heterocycles. The highest BCUT2D eigenvalue weighted by molar-refractivity contribution is 7.27. The van der Waals surface area contributed by atoms with E-state index >= 15 is 0 Å². The van der Waals surface area contributed by atoms with Crippen LogP contribution in [0.3, 0.4) is 0 Å². The van der Waals surface area contributed by atoms with E-state index in [-0.39, 0.29) is 0 Å². The smallest absolute Gasteiger partial charge is 0.197 e. The molecule has 0 aliphatic rings. The van der Waals surface area contributed by atoms with E-state index < -0.39 is 0 Å². The van der Waals surface area contributed by atoms with Crippen LogP contribution in [0.2, 0.25) is 0 Å². The molecule has 240 valence electrons. The third-order valence-corrected chi connectivity index (χ3v) is 11.4. The molecule has 6 aromatic carbocycles. The third-order valence-electron chi connectivity index (χ3n) is 10.2. The van der Waals surface area contributed by atoms with Crippen LogP contribution < -0.4 is 0 Å². The zero-order valence-corrected chi connectivity index (χ0v) is 28.3. The van der Waals surface area contributed by atoms with Crippen LogP contribution in [0.5, 0.6) is 0 Å². The number of rotatable bonds is 4. The summed E-state index contributed by atoms with van der Waals surface area (Å²) < 4.78 is 17.7. The first kappa shape index (κ1) is 28.3. The van der Waals surface area contributed by atoms with Crippen molar-refractivity contribution in [2.45, 2.75) is 6.92 Å². The summed E-state index contributed by atoms with van der Waals surface area (Å²) >= 11 is 1.83. The molecule has 0 aliphatic carbocycles. The first-order valence-corrected chi connectivity index (χ1v) is 17.8. The van der Waals surface area contributed by atoms with Crippen molar-refractivity contribution in [3.63, 3.8) is 0 Å². The fourth-order valence-corrected chi connectivity index (χ4v) is 9.21. The quantitative estimate of drug-likeness (QED) is 0.175. The van der Waals surface area contributed by atoms with E-state index in [1.54, 1.807) is 0 Å². The predicted molar refractivity (Wildman–Crippen MR) is 213 cm³/mol. The number of furan rings is 2. The number of fused-ring (bicyclic) bond motifs is 14. The summed E-state index contributed by atoms with van der Waals surface area (Å²) in [5, 5.41) is 9.16. The van der Waals surface area contributed by atoms with Gasteiger partial charge in [0.2, 0.25) is 0 Å². The molecule has 5 nitrogen and oxygen atoms in total. The van der Waals surface area contributed by atoms with E-state index in [0.717, 1.165) is 60.8 Å². The molecule has 0 spiro atoms. The van der Waals surface area contributed by atoms with Crippen LogP contribution in [-0.2, 0) is 0 Å². The summed E-state index contributed by atoms with van der Waals surface area (Å²) in [5.74, 6) is 1.33. The van der Waals surface area contributed by atoms with Gasteiger partial charge in [-0.1, -0.05) is 97.6 Å². The van der Waals surface area contributed by atoms with Crippen LogP contribution in [0, 0.1) is 6.92 Å². The maximum atomic E-state index is 6.71. The summed E-state index contributed by atoms with van der Waals surface area (Å²) in [6, 6.07) is 39.9. The molecule has 6 heteroatoms. The molecule has 0 atom stereocenters. The number of aromatic nitrogens is 3. The van der Waals surface area contributed by atoms with E-state index in [4.69, 9.17) is 18.8 Å².